The van der Waals surface area contributed by atoms with Crippen LogP contribution in [0.1, 0.15) is 15.9 Å². The first-order valence-corrected chi connectivity index (χ1v) is 10.0. The molecule has 0 saturated heterocycles. The molecule has 0 aliphatic rings. The van der Waals surface area contributed by atoms with Gasteiger partial charge in [-0.1, -0.05) is 72.8 Å². The Morgan fingerprint density at radius 1 is 0.871 bits per heavy atom. The van der Waals surface area contributed by atoms with E-state index in [0.717, 1.165) is 27.6 Å². The van der Waals surface area contributed by atoms with Crippen molar-refractivity contribution in [1.29, 1.82) is 0 Å². The number of methoxy groups -OCH3 is 1. The van der Waals surface area contributed by atoms with Gasteiger partial charge in [-0.25, -0.2) is 4.79 Å². The molecule has 3 aromatic carbocycles. The molecule has 0 bridgehead atoms. The third kappa shape index (κ3) is 4.61. The van der Waals surface area contributed by atoms with Crippen molar-refractivity contribution in [3.8, 4) is 11.1 Å². The van der Waals surface area contributed by atoms with Gasteiger partial charge in [0, 0.05) is 18.0 Å². The Kier molecular flexibility index (Phi) is 6.03. The molecule has 0 aliphatic heterocycles. The first-order chi connectivity index (χ1) is 15.2. The lowest BCUT2D eigenvalue weighted by atomic mass is 10.0. The molecule has 1 amide bonds. The van der Waals surface area contributed by atoms with Crippen LogP contribution in [-0.4, -0.2) is 30.0 Å². The highest BCUT2D eigenvalue weighted by Gasteiger charge is 2.23. The second kappa shape index (κ2) is 9.22. The van der Waals surface area contributed by atoms with Crippen molar-refractivity contribution in [3.05, 3.63) is 102 Å². The summed E-state index contributed by atoms with van der Waals surface area (Å²) in [6, 6.07) is 26.3. The number of benzene rings is 3. The van der Waals surface area contributed by atoms with Crippen LogP contribution >= 0.6 is 0 Å². The Morgan fingerprint density at radius 2 is 1.55 bits per heavy atom. The fourth-order valence-electron chi connectivity index (χ4n) is 3.56. The molecule has 154 valence electrons. The van der Waals surface area contributed by atoms with Gasteiger partial charge in [0.1, 0.15) is 6.04 Å². The molecule has 1 N–H and O–H groups in total. The monoisotopic (exact) mass is 410 g/mol. The van der Waals surface area contributed by atoms with Crippen molar-refractivity contribution in [1.82, 2.24) is 10.3 Å². The number of aromatic nitrogens is 1. The highest BCUT2D eigenvalue weighted by atomic mass is 16.5. The standard InChI is InChI=1S/C26H22N2O3/c1-31-26(30)24(17-18-11-13-20(14-12-18)19-7-3-2-4-8-19)28-25(29)22-15-16-27-23-10-6-5-9-21(22)23/h2-16,24H,17H2,1H3,(H,28,29)/t24-/m0/s1. The first kappa shape index (κ1) is 20.3. The van der Waals surface area contributed by atoms with E-state index in [0.29, 0.717) is 12.0 Å². The number of carbonyl (C=O) groups excluding carboxylic acids is 2. The summed E-state index contributed by atoms with van der Waals surface area (Å²) in [5.74, 6) is -0.825. The third-order valence-corrected chi connectivity index (χ3v) is 5.19. The molecule has 0 unspecified atom stereocenters. The molecule has 5 nitrogen and oxygen atoms in total. The van der Waals surface area contributed by atoms with E-state index < -0.39 is 12.0 Å². The van der Waals surface area contributed by atoms with Gasteiger partial charge in [-0.05, 0) is 28.8 Å². The van der Waals surface area contributed by atoms with Gasteiger partial charge < -0.3 is 10.1 Å². The van der Waals surface area contributed by atoms with Crippen LogP contribution in [0.2, 0.25) is 0 Å². The van der Waals surface area contributed by atoms with Gasteiger partial charge in [0.05, 0.1) is 18.2 Å². The van der Waals surface area contributed by atoms with Gasteiger partial charge >= 0.3 is 5.97 Å². The summed E-state index contributed by atoms with van der Waals surface area (Å²) in [5.41, 5.74) is 4.33. The van der Waals surface area contributed by atoms with E-state index in [1.165, 1.54) is 7.11 Å². The zero-order valence-electron chi connectivity index (χ0n) is 17.1. The fourth-order valence-corrected chi connectivity index (χ4v) is 3.56. The Hall–Kier alpha value is -3.99. The number of para-hydroxylation sites is 1. The summed E-state index contributed by atoms with van der Waals surface area (Å²) in [7, 11) is 1.32. The average molecular weight is 410 g/mol. The molecule has 1 heterocycles. The summed E-state index contributed by atoms with van der Waals surface area (Å²) in [6.45, 7) is 0. The Bertz CT molecular complexity index is 1200. The largest absolute Gasteiger partial charge is 0.467 e. The number of pyridine rings is 1. The zero-order valence-corrected chi connectivity index (χ0v) is 17.1. The fraction of sp³-hybridized carbons (Fsp3) is 0.115. The molecule has 0 spiro atoms. The molecular weight excluding hydrogens is 388 g/mol. The molecule has 0 radical (unpaired) electrons. The number of amides is 1. The number of carbonyl (C=O) groups is 2. The summed E-state index contributed by atoms with van der Waals surface area (Å²) in [6.07, 6.45) is 1.92. The van der Waals surface area contributed by atoms with Crippen molar-refractivity contribution >= 4 is 22.8 Å². The Morgan fingerprint density at radius 3 is 2.29 bits per heavy atom. The smallest absolute Gasteiger partial charge is 0.328 e. The van der Waals surface area contributed by atoms with Crippen LogP contribution < -0.4 is 5.32 Å². The van der Waals surface area contributed by atoms with Crippen molar-refractivity contribution in [2.45, 2.75) is 12.5 Å². The van der Waals surface area contributed by atoms with Crippen LogP contribution in [0, 0.1) is 0 Å². The van der Waals surface area contributed by atoms with Crippen molar-refractivity contribution in [3.63, 3.8) is 0 Å². The van der Waals surface area contributed by atoms with E-state index in [1.807, 2.05) is 78.9 Å². The van der Waals surface area contributed by atoms with Gasteiger partial charge in [0.15, 0.2) is 0 Å². The quantitative estimate of drug-likeness (QED) is 0.478. The number of hydrogen-bond acceptors (Lipinski definition) is 4. The summed E-state index contributed by atoms with van der Waals surface area (Å²) in [5, 5.41) is 3.56. The van der Waals surface area contributed by atoms with Gasteiger partial charge in [-0.3, -0.25) is 9.78 Å². The second-order valence-corrected chi connectivity index (χ2v) is 7.19. The first-order valence-electron chi connectivity index (χ1n) is 10.0. The number of esters is 1. The van der Waals surface area contributed by atoms with E-state index in [9.17, 15) is 9.59 Å². The highest BCUT2D eigenvalue weighted by molar-refractivity contribution is 6.07. The van der Waals surface area contributed by atoms with Gasteiger partial charge in [0.2, 0.25) is 0 Å². The minimum absolute atomic E-state index is 0.330. The van der Waals surface area contributed by atoms with Crippen LogP contribution in [0.15, 0.2) is 91.1 Å². The third-order valence-electron chi connectivity index (χ3n) is 5.19. The topological polar surface area (TPSA) is 68.3 Å². The molecule has 5 heteroatoms. The van der Waals surface area contributed by atoms with E-state index in [1.54, 1.807) is 12.3 Å². The van der Waals surface area contributed by atoms with Crippen LogP contribution in [0.4, 0.5) is 0 Å². The SMILES string of the molecule is COC(=O)[C@H](Cc1ccc(-c2ccccc2)cc1)NC(=O)c1ccnc2ccccc12. The lowest BCUT2D eigenvalue weighted by Crippen LogP contribution is -2.43. The molecule has 1 atom stereocenters. The minimum atomic E-state index is -0.799. The number of fused-ring (bicyclic) bond motifs is 1. The minimum Gasteiger partial charge on any atom is -0.467 e. The summed E-state index contributed by atoms with van der Waals surface area (Å²) in [4.78, 5) is 29.6. The Balaban J connectivity index is 1.54. The number of hydrogen-bond donors (Lipinski definition) is 1. The van der Waals surface area contributed by atoms with Gasteiger partial charge in [-0.15, -0.1) is 0 Å². The maximum Gasteiger partial charge on any atom is 0.328 e. The Labute approximate surface area is 180 Å². The van der Waals surface area contributed by atoms with Crippen LogP contribution in [0.5, 0.6) is 0 Å². The molecule has 0 saturated carbocycles. The molecule has 31 heavy (non-hydrogen) atoms. The predicted molar refractivity (Wildman–Crippen MR) is 121 cm³/mol. The zero-order chi connectivity index (χ0) is 21.6. The normalized spacial score (nSPS) is 11.6. The molecule has 1 aromatic heterocycles. The van der Waals surface area contributed by atoms with Crippen LogP contribution in [0.3, 0.4) is 0 Å². The van der Waals surface area contributed by atoms with E-state index in [4.69, 9.17) is 4.74 Å². The number of rotatable bonds is 6. The van der Waals surface area contributed by atoms with Gasteiger partial charge in [-0.2, -0.15) is 0 Å². The molecule has 0 aliphatic carbocycles. The van der Waals surface area contributed by atoms with Gasteiger partial charge in [0.25, 0.3) is 5.91 Å². The lowest BCUT2D eigenvalue weighted by molar-refractivity contribution is -0.142. The van der Waals surface area contributed by atoms with Crippen molar-refractivity contribution in [2.24, 2.45) is 0 Å². The number of nitrogens with zero attached hydrogens (tertiary/aromatic N) is 1. The molecule has 0 fully saturated rings. The summed E-state index contributed by atoms with van der Waals surface area (Å²) < 4.78 is 4.94. The average Bonchev–Trinajstić information content (AvgIpc) is 2.83. The predicted octanol–water partition coefficient (Wildman–Crippen LogP) is 4.42. The maximum atomic E-state index is 13.0. The van der Waals surface area contributed by atoms with Crippen molar-refractivity contribution in [2.75, 3.05) is 7.11 Å². The van der Waals surface area contributed by atoms with E-state index >= 15 is 0 Å². The molecular formula is C26H22N2O3. The lowest BCUT2D eigenvalue weighted by Gasteiger charge is -2.17. The van der Waals surface area contributed by atoms with Crippen LogP contribution in [0.25, 0.3) is 22.0 Å². The maximum absolute atomic E-state index is 13.0. The highest BCUT2D eigenvalue weighted by Crippen LogP contribution is 2.20. The number of nitrogens with one attached hydrogen (secondary N) is 1. The van der Waals surface area contributed by atoms with E-state index in [2.05, 4.69) is 10.3 Å². The molecule has 4 rings (SSSR count). The number of ether oxygens (including phenoxy) is 1. The van der Waals surface area contributed by atoms with Crippen molar-refractivity contribution < 1.29 is 14.3 Å². The second-order valence-electron chi connectivity index (χ2n) is 7.19. The summed E-state index contributed by atoms with van der Waals surface area (Å²) >= 11 is 0. The van der Waals surface area contributed by atoms with E-state index in [-0.39, 0.29) is 5.91 Å². The van der Waals surface area contributed by atoms with Crippen LogP contribution in [-0.2, 0) is 16.0 Å². The molecule has 4 aromatic rings.